The minimum Gasteiger partial charge on any atom is -0.456 e. The summed E-state index contributed by atoms with van der Waals surface area (Å²) >= 11 is 0. The number of aliphatic hydroxyl groups is 1. The second-order valence-electron chi connectivity index (χ2n) is 6.65. The van der Waals surface area contributed by atoms with Crippen molar-refractivity contribution in [2.24, 2.45) is 23.7 Å². The van der Waals surface area contributed by atoms with Gasteiger partial charge in [-0.1, -0.05) is 13.5 Å². The van der Waals surface area contributed by atoms with Gasteiger partial charge in [0, 0.05) is 11.5 Å². The quantitative estimate of drug-likeness (QED) is 0.530. The predicted molar refractivity (Wildman–Crippen MR) is 67.7 cm³/mol. The fourth-order valence-corrected chi connectivity index (χ4v) is 4.41. The van der Waals surface area contributed by atoms with Crippen molar-refractivity contribution in [3.63, 3.8) is 0 Å². The molecule has 0 spiro atoms. The molecule has 0 radical (unpaired) electrons. The first-order valence-corrected chi connectivity index (χ1v) is 7.04. The van der Waals surface area contributed by atoms with Crippen LogP contribution in [-0.2, 0) is 9.53 Å². The first kappa shape index (κ1) is 12.2. The lowest BCUT2D eigenvalue weighted by Gasteiger charge is -2.55. The summed E-state index contributed by atoms with van der Waals surface area (Å²) in [6.45, 7) is 8.02. The van der Waals surface area contributed by atoms with Crippen LogP contribution in [0.2, 0.25) is 0 Å². The minimum atomic E-state index is -0.868. The molecule has 1 aliphatic heterocycles. The summed E-state index contributed by atoms with van der Waals surface area (Å²) in [6.07, 6.45) is 3.62. The molecule has 18 heavy (non-hydrogen) atoms. The summed E-state index contributed by atoms with van der Waals surface area (Å²) in [5.41, 5.74) is -0.238. The van der Waals surface area contributed by atoms with Gasteiger partial charge in [-0.15, -0.1) is 0 Å². The zero-order chi connectivity index (χ0) is 13.1. The highest BCUT2D eigenvalue weighted by molar-refractivity contribution is 5.89. The molecule has 0 aromatic heterocycles. The number of hydrogen-bond donors (Lipinski definition) is 1. The monoisotopic (exact) mass is 250 g/mol. The lowest BCUT2D eigenvalue weighted by Crippen LogP contribution is -2.60. The molecule has 1 saturated heterocycles. The van der Waals surface area contributed by atoms with Crippen molar-refractivity contribution >= 4 is 5.97 Å². The van der Waals surface area contributed by atoms with Crippen LogP contribution in [-0.4, -0.2) is 22.8 Å². The van der Waals surface area contributed by atoms with Crippen LogP contribution in [0.3, 0.4) is 0 Å². The van der Waals surface area contributed by atoms with Crippen molar-refractivity contribution in [2.45, 2.75) is 51.2 Å². The van der Waals surface area contributed by atoms with E-state index in [1.807, 2.05) is 6.92 Å². The SMILES string of the molecule is C=C1C(=O)O[C@@H]2C3C(CC[C@@]2(C)O)[C@H](C)CC[C@@H]13. The Morgan fingerprint density at radius 1 is 1.39 bits per heavy atom. The maximum atomic E-state index is 11.9. The number of carbonyl (C=O) groups excluding carboxylic acids is 1. The van der Waals surface area contributed by atoms with E-state index in [2.05, 4.69) is 13.5 Å². The molecule has 0 aromatic rings. The van der Waals surface area contributed by atoms with Crippen LogP contribution in [0.5, 0.6) is 0 Å². The van der Waals surface area contributed by atoms with Crippen molar-refractivity contribution in [1.82, 2.24) is 0 Å². The third-order valence-corrected chi connectivity index (χ3v) is 5.51. The highest BCUT2D eigenvalue weighted by atomic mass is 16.6. The lowest BCUT2D eigenvalue weighted by molar-refractivity contribution is -0.204. The average Bonchev–Trinajstić information content (AvgIpc) is 2.31. The van der Waals surface area contributed by atoms with E-state index >= 15 is 0 Å². The van der Waals surface area contributed by atoms with Crippen molar-refractivity contribution < 1.29 is 14.6 Å². The van der Waals surface area contributed by atoms with Gasteiger partial charge in [-0.2, -0.15) is 0 Å². The van der Waals surface area contributed by atoms with Crippen LogP contribution < -0.4 is 0 Å². The van der Waals surface area contributed by atoms with Crippen molar-refractivity contribution in [1.29, 1.82) is 0 Å². The van der Waals surface area contributed by atoms with Crippen LogP contribution in [0.4, 0.5) is 0 Å². The van der Waals surface area contributed by atoms with Crippen LogP contribution in [0, 0.1) is 23.7 Å². The Hall–Kier alpha value is -0.830. The molecule has 2 unspecified atom stereocenters. The molecular formula is C15H22O3. The Morgan fingerprint density at radius 2 is 2.11 bits per heavy atom. The van der Waals surface area contributed by atoms with Gasteiger partial charge in [-0.3, -0.25) is 0 Å². The molecule has 2 saturated carbocycles. The maximum Gasteiger partial charge on any atom is 0.334 e. The highest BCUT2D eigenvalue weighted by Gasteiger charge is 2.57. The first-order valence-electron chi connectivity index (χ1n) is 7.04. The molecule has 0 aromatic carbocycles. The molecule has 0 bridgehead atoms. The Balaban J connectivity index is 2.00. The normalized spacial score (nSPS) is 51.6. The number of ether oxygens (including phenoxy) is 1. The molecule has 6 atom stereocenters. The van der Waals surface area contributed by atoms with E-state index in [4.69, 9.17) is 4.74 Å². The van der Waals surface area contributed by atoms with Gasteiger partial charge in [0.15, 0.2) is 0 Å². The summed E-state index contributed by atoms with van der Waals surface area (Å²) < 4.78 is 5.51. The molecule has 100 valence electrons. The Morgan fingerprint density at radius 3 is 2.83 bits per heavy atom. The zero-order valence-electron chi connectivity index (χ0n) is 11.2. The molecular weight excluding hydrogens is 228 g/mol. The van der Waals surface area contributed by atoms with Crippen LogP contribution in [0.25, 0.3) is 0 Å². The Bertz CT molecular complexity index is 399. The van der Waals surface area contributed by atoms with Gasteiger partial charge in [-0.25, -0.2) is 4.79 Å². The topological polar surface area (TPSA) is 46.5 Å². The molecule has 3 nitrogen and oxygen atoms in total. The van der Waals surface area contributed by atoms with Crippen molar-refractivity contribution in [3.8, 4) is 0 Å². The van der Waals surface area contributed by atoms with Gasteiger partial charge in [0.25, 0.3) is 0 Å². The summed E-state index contributed by atoms with van der Waals surface area (Å²) in [6, 6.07) is 0. The van der Waals surface area contributed by atoms with Gasteiger partial charge in [0.2, 0.25) is 0 Å². The van der Waals surface area contributed by atoms with E-state index in [-0.39, 0.29) is 23.9 Å². The highest BCUT2D eigenvalue weighted by Crippen LogP contribution is 2.54. The van der Waals surface area contributed by atoms with Crippen LogP contribution in [0.1, 0.15) is 39.5 Å². The molecule has 3 aliphatic rings. The average molecular weight is 250 g/mol. The third kappa shape index (κ3) is 1.56. The summed E-state index contributed by atoms with van der Waals surface area (Å²) in [5.74, 6) is 1.44. The lowest BCUT2D eigenvalue weighted by atomic mass is 9.55. The van der Waals surface area contributed by atoms with E-state index in [9.17, 15) is 9.90 Å². The summed E-state index contributed by atoms with van der Waals surface area (Å²) in [5, 5.41) is 10.5. The standard InChI is InChI=1S/C15H22O3/c1-8-4-5-11-9(2)14(16)18-13-12(11)10(8)6-7-15(13,3)17/h8,10-13,17H,2,4-7H2,1,3H3/t8-,10?,11+,12?,13-,15-/m1/s1. The summed E-state index contributed by atoms with van der Waals surface area (Å²) in [4.78, 5) is 11.9. The van der Waals surface area contributed by atoms with E-state index in [0.29, 0.717) is 17.4 Å². The Kier molecular flexibility index (Phi) is 2.60. The van der Waals surface area contributed by atoms with E-state index in [1.54, 1.807) is 0 Å². The molecule has 3 heteroatoms. The minimum absolute atomic E-state index is 0.226. The third-order valence-electron chi connectivity index (χ3n) is 5.51. The van der Waals surface area contributed by atoms with Gasteiger partial charge in [0.05, 0.1) is 5.60 Å². The van der Waals surface area contributed by atoms with Crippen molar-refractivity contribution in [3.05, 3.63) is 12.2 Å². The largest absolute Gasteiger partial charge is 0.456 e. The molecule has 1 heterocycles. The summed E-state index contributed by atoms with van der Waals surface area (Å²) in [7, 11) is 0. The molecule has 3 fully saturated rings. The maximum absolute atomic E-state index is 11.9. The van der Waals surface area contributed by atoms with Gasteiger partial charge >= 0.3 is 5.97 Å². The van der Waals surface area contributed by atoms with Gasteiger partial charge in [-0.05, 0) is 50.4 Å². The molecule has 1 N–H and O–H groups in total. The van der Waals surface area contributed by atoms with E-state index in [0.717, 1.165) is 25.7 Å². The van der Waals surface area contributed by atoms with E-state index < -0.39 is 5.60 Å². The van der Waals surface area contributed by atoms with Gasteiger partial charge in [0.1, 0.15) is 6.10 Å². The number of carbonyl (C=O) groups is 1. The van der Waals surface area contributed by atoms with Crippen LogP contribution in [0.15, 0.2) is 12.2 Å². The Labute approximate surface area is 108 Å². The van der Waals surface area contributed by atoms with E-state index in [1.165, 1.54) is 0 Å². The molecule has 3 rings (SSSR count). The smallest absolute Gasteiger partial charge is 0.334 e. The fourth-order valence-electron chi connectivity index (χ4n) is 4.41. The second kappa shape index (κ2) is 3.83. The number of rotatable bonds is 0. The molecule has 0 amide bonds. The van der Waals surface area contributed by atoms with Gasteiger partial charge < -0.3 is 9.84 Å². The number of esters is 1. The first-order chi connectivity index (χ1) is 8.42. The predicted octanol–water partition coefficient (Wildman–Crippen LogP) is 2.29. The van der Waals surface area contributed by atoms with Crippen molar-refractivity contribution in [2.75, 3.05) is 0 Å². The fraction of sp³-hybridized carbons (Fsp3) is 0.800. The van der Waals surface area contributed by atoms with Crippen LogP contribution >= 0.6 is 0 Å². The zero-order valence-corrected chi connectivity index (χ0v) is 11.2. The number of hydrogen-bond acceptors (Lipinski definition) is 3. The molecule has 2 aliphatic carbocycles. The second-order valence-corrected chi connectivity index (χ2v) is 6.65.